The molecule has 0 atom stereocenters. The van der Waals surface area contributed by atoms with Gasteiger partial charge >= 0.3 is 0 Å². The third kappa shape index (κ3) is 3.93. The van der Waals surface area contributed by atoms with Gasteiger partial charge in [-0.3, -0.25) is 0 Å². The predicted molar refractivity (Wildman–Crippen MR) is 99.9 cm³/mol. The quantitative estimate of drug-likeness (QED) is 0.513. The molecule has 0 amide bonds. The first-order valence-electron chi connectivity index (χ1n) is 6.18. The van der Waals surface area contributed by atoms with Crippen molar-refractivity contribution in [2.45, 2.75) is 20.1 Å². The smallest absolute Gasteiger partial charge is 0.0770 e. The van der Waals surface area contributed by atoms with Crippen molar-refractivity contribution in [3.05, 3.63) is 44.7 Å². The van der Waals surface area contributed by atoms with Crippen molar-refractivity contribution in [2.24, 2.45) is 0 Å². The molecule has 1 aliphatic rings. The van der Waals surface area contributed by atoms with E-state index in [0.717, 1.165) is 5.02 Å². The molecule has 1 aromatic carbocycles. The Kier molecular flexibility index (Phi) is 5.73. The summed E-state index contributed by atoms with van der Waals surface area (Å²) in [5.41, 5.74) is 1.47. The van der Waals surface area contributed by atoms with Gasteiger partial charge in [-0.1, -0.05) is 23.4 Å². The van der Waals surface area contributed by atoms with Gasteiger partial charge in [0.15, 0.2) is 0 Å². The summed E-state index contributed by atoms with van der Waals surface area (Å²) in [7, 11) is 0. The second-order valence-electron chi connectivity index (χ2n) is 4.28. The maximum Gasteiger partial charge on any atom is 0.0770 e. The molecule has 1 aliphatic heterocycles. The van der Waals surface area contributed by atoms with E-state index in [1.165, 1.54) is 36.4 Å². The van der Waals surface area contributed by atoms with Crippen LogP contribution in [0.4, 0.5) is 0 Å². The van der Waals surface area contributed by atoms with Gasteiger partial charge in [-0.05, 0) is 64.2 Å². The predicted octanol–water partition coefficient (Wildman–Crippen LogP) is 7.18. The number of thiophene rings is 1. The maximum absolute atomic E-state index is 5.95. The van der Waals surface area contributed by atoms with Crippen molar-refractivity contribution >= 4 is 74.2 Å². The zero-order chi connectivity index (χ0) is 13.9. The number of halogens is 2. The van der Waals surface area contributed by atoms with Gasteiger partial charge in [0.1, 0.15) is 0 Å². The fourth-order valence-electron chi connectivity index (χ4n) is 1.88. The molecule has 6 heteroatoms. The Hall–Kier alpha value is 0.740. The molecule has 0 aliphatic carbocycles. The van der Waals surface area contributed by atoms with Crippen molar-refractivity contribution in [2.75, 3.05) is 11.5 Å². The van der Waals surface area contributed by atoms with Crippen molar-refractivity contribution < 1.29 is 0 Å². The van der Waals surface area contributed by atoms with E-state index in [1.807, 2.05) is 35.2 Å². The van der Waals surface area contributed by atoms with Gasteiger partial charge < -0.3 is 0 Å². The first-order chi connectivity index (χ1) is 9.72. The summed E-state index contributed by atoms with van der Waals surface area (Å²) in [5.74, 6) is 2.55. The number of thioether (sulfide) groups is 2. The lowest BCUT2D eigenvalue weighted by atomic mass is 10.4. The molecule has 0 saturated carbocycles. The van der Waals surface area contributed by atoms with Crippen LogP contribution in [0.5, 0.6) is 0 Å². The van der Waals surface area contributed by atoms with Gasteiger partial charge in [0.2, 0.25) is 0 Å². The Balaban J connectivity index is 1.83. The first-order valence-corrected chi connectivity index (χ1v) is 11.1. The minimum atomic E-state index is 0.584. The molecule has 106 valence electrons. The molecule has 0 nitrogen and oxygen atoms in total. The van der Waals surface area contributed by atoms with Crippen molar-refractivity contribution in [3.63, 3.8) is 0 Å². The lowest BCUT2D eigenvalue weighted by Gasteiger charge is -2.21. The number of hydrogen-bond acceptors (Lipinski definition) is 4. The molecule has 0 N–H and O–H groups in total. The molecule has 0 bridgehead atoms. The standard InChI is InChI=1S/C14H12BrClS4/c15-12-8-11(13-17-6-1-7-18-13)14(20-12)19-10-4-2-9(16)3-5-10/h2-5,8,13H,1,6-7H2. The maximum atomic E-state index is 5.95. The topological polar surface area (TPSA) is 0 Å². The Morgan fingerprint density at radius 3 is 2.55 bits per heavy atom. The lowest BCUT2D eigenvalue weighted by Crippen LogP contribution is -1.99. The molecule has 0 spiro atoms. The van der Waals surface area contributed by atoms with Gasteiger partial charge in [-0.25, -0.2) is 0 Å². The van der Waals surface area contributed by atoms with Gasteiger partial charge in [-0.2, -0.15) is 0 Å². The highest BCUT2D eigenvalue weighted by atomic mass is 79.9. The number of hydrogen-bond donors (Lipinski definition) is 0. The highest BCUT2D eigenvalue weighted by Crippen LogP contribution is 2.51. The van der Waals surface area contributed by atoms with Crippen molar-refractivity contribution in [3.8, 4) is 0 Å². The molecule has 2 heterocycles. The summed E-state index contributed by atoms with van der Waals surface area (Å²) < 4.78 is 3.20. The zero-order valence-electron chi connectivity index (χ0n) is 10.5. The van der Waals surface area contributed by atoms with Crippen molar-refractivity contribution in [1.29, 1.82) is 0 Å². The van der Waals surface area contributed by atoms with E-state index in [-0.39, 0.29) is 0 Å². The third-order valence-electron chi connectivity index (χ3n) is 2.80. The van der Waals surface area contributed by atoms with Crippen LogP contribution in [0.15, 0.2) is 43.2 Å². The van der Waals surface area contributed by atoms with Gasteiger partial charge in [0.05, 0.1) is 12.6 Å². The molecule has 20 heavy (non-hydrogen) atoms. The molecule has 3 rings (SSSR count). The van der Waals surface area contributed by atoms with Gasteiger partial charge in [-0.15, -0.1) is 34.9 Å². The Morgan fingerprint density at radius 2 is 1.85 bits per heavy atom. The van der Waals surface area contributed by atoms with Crippen LogP contribution in [0.25, 0.3) is 0 Å². The van der Waals surface area contributed by atoms with E-state index in [4.69, 9.17) is 11.6 Å². The van der Waals surface area contributed by atoms with Crippen LogP contribution in [-0.4, -0.2) is 11.5 Å². The molecule has 1 aromatic heterocycles. The lowest BCUT2D eigenvalue weighted by molar-refractivity contribution is 1.09. The molecule has 0 radical (unpaired) electrons. The van der Waals surface area contributed by atoms with Crippen LogP contribution in [0, 0.1) is 0 Å². The number of benzene rings is 1. The van der Waals surface area contributed by atoms with Crippen LogP contribution in [0.2, 0.25) is 5.02 Å². The van der Waals surface area contributed by atoms with E-state index in [9.17, 15) is 0 Å². The average molecular weight is 424 g/mol. The first kappa shape index (κ1) is 15.6. The Bertz CT molecular complexity index is 575. The Labute approximate surface area is 149 Å². The summed E-state index contributed by atoms with van der Waals surface area (Å²) >= 11 is 17.4. The number of rotatable bonds is 3. The highest BCUT2D eigenvalue weighted by molar-refractivity contribution is 9.11. The van der Waals surface area contributed by atoms with E-state index in [1.54, 1.807) is 0 Å². The minimum absolute atomic E-state index is 0.584. The average Bonchev–Trinajstić information content (AvgIpc) is 2.83. The summed E-state index contributed by atoms with van der Waals surface area (Å²) in [6.07, 6.45) is 1.33. The molecule has 2 aromatic rings. The molecular weight excluding hydrogens is 412 g/mol. The highest BCUT2D eigenvalue weighted by Gasteiger charge is 2.22. The van der Waals surface area contributed by atoms with E-state index in [0.29, 0.717) is 4.58 Å². The normalized spacial score (nSPS) is 16.5. The monoisotopic (exact) mass is 422 g/mol. The molecule has 0 unspecified atom stereocenters. The Morgan fingerprint density at radius 1 is 1.15 bits per heavy atom. The van der Waals surface area contributed by atoms with Crippen LogP contribution in [0.1, 0.15) is 16.6 Å². The second-order valence-corrected chi connectivity index (χ2v) is 11.2. The zero-order valence-corrected chi connectivity index (χ0v) is 16.1. The third-order valence-corrected chi connectivity index (χ3v) is 8.91. The van der Waals surface area contributed by atoms with Gasteiger partial charge in [0.25, 0.3) is 0 Å². The SMILES string of the molecule is Clc1ccc(Sc2sc(Br)cc2C2SCCCS2)cc1. The van der Waals surface area contributed by atoms with Crippen LogP contribution >= 0.6 is 74.2 Å². The molecule has 1 fully saturated rings. The van der Waals surface area contributed by atoms with Crippen LogP contribution in [-0.2, 0) is 0 Å². The summed E-state index contributed by atoms with van der Waals surface area (Å²) in [6, 6.07) is 10.4. The fraction of sp³-hybridized carbons (Fsp3) is 0.286. The largest absolute Gasteiger partial charge is 0.143 e. The van der Waals surface area contributed by atoms with E-state index in [2.05, 4.69) is 57.7 Å². The van der Waals surface area contributed by atoms with Crippen LogP contribution in [0.3, 0.4) is 0 Å². The van der Waals surface area contributed by atoms with E-state index < -0.39 is 0 Å². The van der Waals surface area contributed by atoms with Crippen molar-refractivity contribution in [1.82, 2.24) is 0 Å². The molecular formula is C14H12BrClS4. The van der Waals surface area contributed by atoms with Gasteiger partial charge in [0, 0.05) is 15.5 Å². The fourth-order valence-corrected chi connectivity index (χ4v) is 8.45. The summed E-state index contributed by atoms with van der Waals surface area (Å²) in [4.78, 5) is 1.25. The van der Waals surface area contributed by atoms with E-state index >= 15 is 0 Å². The minimum Gasteiger partial charge on any atom is -0.143 e. The van der Waals surface area contributed by atoms with Crippen LogP contribution < -0.4 is 0 Å². The second kappa shape index (κ2) is 7.34. The summed E-state index contributed by atoms with van der Waals surface area (Å²) in [5, 5.41) is 0.792. The molecule has 1 saturated heterocycles. The summed E-state index contributed by atoms with van der Waals surface area (Å²) in [6.45, 7) is 0.